The minimum absolute atomic E-state index is 0.0693. The summed E-state index contributed by atoms with van der Waals surface area (Å²) < 4.78 is 5.49. The maximum Gasteiger partial charge on any atom is 0.303 e. The van der Waals surface area contributed by atoms with Crippen LogP contribution in [-0.4, -0.2) is 21.2 Å². The third-order valence-electron chi connectivity index (χ3n) is 4.56. The first-order valence-corrected chi connectivity index (χ1v) is 8.48. The van der Waals surface area contributed by atoms with Gasteiger partial charge < -0.3 is 14.6 Å². The Morgan fingerprint density at radius 2 is 1.85 bits per heavy atom. The van der Waals surface area contributed by atoms with E-state index in [2.05, 4.69) is 10.1 Å². The van der Waals surface area contributed by atoms with Crippen LogP contribution in [0.15, 0.2) is 59.1 Å². The number of nitrogens with one attached hydrogen (secondary N) is 1. The number of rotatable bonds is 5. The van der Waals surface area contributed by atoms with Gasteiger partial charge in [0, 0.05) is 22.9 Å². The van der Waals surface area contributed by atoms with Crippen LogP contribution in [-0.2, 0) is 11.2 Å². The first-order valence-electron chi connectivity index (χ1n) is 8.48. The van der Waals surface area contributed by atoms with Gasteiger partial charge in [-0.1, -0.05) is 53.7 Å². The minimum atomic E-state index is -0.813. The zero-order chi connectivity index (χ0) is 18.1. The summed E-state index contributed by atoms with van der Waals surface area (Å²) in [5.41, 5.74) is 5.43. The van der Waals surface area contributed by atoms with Gasteiger partial charge in [0.25, 0.3) is 0 Å². The molecule has 2 N–H and O–H groups in total. The molecule has 4 rings (SSSR count). The lowest BCUT2D eigenvalue weighted by molar-refractivity contribution is -0.136. The van der Waals surface area contributed by atoms with Gasteiger partial charge in [-0.05, 0) is 25.0 Å². The Bertz CT molecular complexity index is 1080. The van der Waals surface area contributed by atoms with Gasteiger partial charge in [0.15, 0.2) is 0 Å². The van der Waals surface area contributed by atoms with Gasteiger partial charge in [0.2, 0.25) is 0 Å². The Kier molecular flexibility index (Phi) is 4.05. The average molecular weight is 346 g/mol. The zero-order valence-corrected chi connectivity index (χ0v) is 14.3. The normalized spacial score (nSPS) is 11.1. The molecule has 0 spiro atoms. The second-order valence-corrected chi connectivity index (χ2v) is 6.25. The topological polar surface area (TPSA) is 79.1 Å². The van der Waals surface area contributed by atoms with E-state index in [9.17, 15) is 4.79 Å². The summed E-state index contributed by atoms with van der Waals surface area (Å²) in [4.78, 5) is 14.6. The number of carboxylic acid groups (broad SMARTS) is 1. The smallest absolute Gasteiger partial charge is 0.303 e. The van der Waals surface area contributed by atoms with Crippen molar-refractivity contribution in [2.75, 3.05) is 0 Å². The molecule has 130 valence electrons. The van der Waals surface area contributed by atoms with Crippen LogP contribution in [0.2, 0.25) is 0 Å². The zero-order valence-electron chi connectivity index (χ0n) is 14.3. The van der Waals surface area contributed by atoms with Crippen LogP contribution in [0, 0.1) is 6.92 Å². The molecule has 0 fully saturated rings. The number of aromatic nitrogens is 2. The fourth-order valence-electron chi connectivity index (χ4n) is 3.36. The van der Waals surface area contributed by atoms with Crippen LogP contribution >= 0.6 is 0 Å². The molecule has 5 nitrogen and oxygen atoms in total. The van der Waals surface area contributed by atoms with Gasteiger partial charge in [-0.15, -0.1) is 0 Å². The van der Waals surface area contributed by atoms with Crippen LogP contribution < -0.4 is 0 Å². The third kappa shape index (κ3) is 2.77. The number of aryl methyl sites for hydroxylation is 2. The minimum Gasteiger partial charge on any atom is -0.481 e. The summed E-state index contributed by atoms with van der Waals surface area (Å²) in [5, 5.41) is 14.4. The molecule has 5 heteroatoms. The number of para-hydroxylation sites is 1. The molecule has 0 aliphatic heterocycles. The van der Waals surface area contributed by atoms with Crippen LogP contribution in [0.5, 0.6) is 0 Å². The number of hydrogen-bond donors (Lipinski definition) is 2. The van der Waals surface area contributed by atoms with E-state index in [1.165, 1.54) is 0 Å². The van der Waals surface area contributed by atoms with Crippen LogP contribution in [0.25, 0.3) is 33.4 Å². The van der Waals surface area contributed by atoms with E-state index >= 15 is 0 Å². The molecule has 0 saturated heterocycles. The van der Waals surface area contributed by atoms with Crippen molar-refractivity contribution in [2.45, 2.75) is 19.8 Å². The molecule has 0 aliphatic rings. The van der Waals surface area contributed by atoms with Crippen molar-refractivity contribution in [3.05, 3.63) is 65.9 Å². The van der Waals surface area contributed by atoms with Gasteiger partial charge in [-0.3, -0.25) is 4.79 Å². The van der Waals surface area contributed by atoms with Crippen molar-refractivity contribution in [2.24, 2.45) is 0 Å². The standard InChI is InChI=1S/C21H18N2O3/c1-13-19(20(23-26-13)14-7-3-2-4-8-14)21-16(11-12-18(24)25)15-9-5-6-10-17(15)22-21/h2-10,22H,11-12H2,1H3,(H,24,25). The molecule has 0 radical (unpaired) electrons. The lowest BCUT2D eigenvalue weighted by Gasteiger charge is -2.05. The Labute approximate surface area is 150 Å². The molecular formula is C21H18N2O3. The molecule has 0 unspecified atom stereocenters. The molecular weight excluding hydrogens is 328 g/mol. The molecule has 2 aromatic carbocycles. The highest BCUT2D eigenvalue weighted by Gasteiger charge is 2.22. The van der Waals surface area contributed by atoms with Crippen LogP contribution in [0.3, 0.4) is 0 Å². The van der Waals surface area contributed by atoms with E-state index in [1.54, 1.807) is 0 Å². The van der Waals surface area contributed by atoms with Crippen molar-refractivity contribution in [1.82, 2.24) is 10.1 Å². The summed E-state index contributed by atoms with van der Waals surface area (Å²) in [6, 6.07) is 17.8. The van der Waals surface area contributed by atoms with Gasteiger partial charge in [0.05, 0.1) is 11.3 Å². The number of benzene rings is 2. The highest BCUT2D eigenvalue weighted by atomic mass is 16.5. The van der Waals surface area contributed by atoms with E-state index in [1.807, 2.05) is 61.5 Å². The number of aliphatic carboxylic acids is 1. The number of hydrogen-bond acceptors (Lipinski definition) is 3. The van der Waals surface area contributed by atoms with E-state index in [0.717, 1.165) is 39.0 Å². The number of carboxylic acids is 1. The second-order valence-electron chi connectivity index (χ2n) is 6.25. The first kappa shape index (κ1) is 16.1. The Morgan fingerprint density at radius 3 is 2.62 bits per heavy atom. The maximum atomic E-state index is 11.1. The molecule has 0 amide bonds. The SMILES string of the molecule is Cc1onc(-c2ccccc2)c1-c1[nH]c2ccccc2c1CCC(=O)O. The van der Waals surface area contributed by atoms with Crippen molar-refractivity contribution in [3.63, 3.8) is 0 Å². The Morgan fingerprint density at radius 1 is 1.12 bits per heavy atom. The number of nitrogens with zero attached hydrogens (tertiary/aromatic N) is 1. The first-order chi connectivity index (χ1) is 12.6. The van der Waals surface area contributed by atoms with Crippen molar-refractivity contribution < 1.29 is 14.4 Å². The lowest BCUT2D eigenvalue weighted by atomic mass is 9.97. The van der Waals surface area contributed by atoms with Crippen molar-refractivity contribution in [3.8, 4) is 22.5 Å². The summed E-state index contributed by atoms with van der Waals surface area (Å²) in [6.07, 6.45) is 0.507. The molecule has 0 aliphatic carbocycles. The fourth-order valence-corrected chi connectivity index (χ4v) is 3.36. The molecule has 0 bridgehead atoms. The predicted molar refractivity (Wildman–Crippen MR) is 99.9 cm³/mol. The van der Waals surface area contributed by atoms with Crippen molar-refractivity contribution in [1.29, 1.82) is 0 Å². The van der Waals surface area contributed by atoms with E-state index in [-0.39, 0.29) is 6.42 Å². The summed E-state index contributed by atoms with van der Waals surface area (Å²) in [7, 11) is 0. The molecule has 0 saturated carbocycles. The number of aromatic amines is 1. The highest BCUT2D eigenvalue weighted by molar-refractivity contribution is 5.94. The average Bonchev–Trinajstić information content (AvgIpc) is 3.20. The largest absolute Gasteiger partial charge is 0.481 e. The second kappa shape index (κ2) is 6.52. The number of carbonyl (C=O) groups is 1. The van der Waals surface area contributed by atoms with Crippen LogP contribution in [0.1, 0.15) is 17.7 Å². The van der Waals surface area contributed by atoms with Gasteiger partial charge in [-0.25, -0.2) is 0 Å². The summed E-state index contributed by atoms with van der Waals surface area (Å²) in [5.74, 6) is -0.112. The molecule has 2 aromatic heterocycles. The fraction of sp³-hybridized carbons (Fsp3) is 0.143. The Hall–Kier alpha value is -3.34. The monoisotopic (exact) mass is 346 g/mol. The maximum absolute atomic E-state index is 11.1. The highest BCUT2D eigenvalue weighted by Crippen LogP contribution is 2.38. The van der Waals surface area contributed by atoms with Crippen LogP contribution in [0.4, 0.5) is 0 Å². The molecule has 26 heavy (non-hydrogen) atoms. The predicted octanol–water partition coefficient (Wildman–Crippen LogP) is 4.82. The summed E-state index contributed by atoms with van der Waals surface area (Å²) >= 11 is 0. The number of H-pyrrole nitrogens is 1. The van der Waals surface area contributed by atoms with E-state index in [4.69, 9.17) is 9.63 Å². The summed E-state index contributed by atoms with van der Waals surface area (Å²) in [6.45, 7) is 1.88. The lowest BCUT2D eigenvalue weighted by Crippen LogP contribution is -1.98. The Balaban J connectivity index is 1.94. The quantitative estimate of drug-likeness (QED) is 0.543. The van der Waals surface area contributed by atoms with E-state index in [0.29, 0.717) is 12.2 Å². The van der Waals surface area contributed by atoms with Crippen molar-refractivity contribution >= 4 is 16.9 Å². The van der Waals surface area contributed by atoms with E-state index < -0.39 is 5.97 Å². The molecule has 0 atom stereocenters. The molecule has 2 heterocycles. The van der Waals surface area contributed by atoms with Gasteiger partial charge in [-0.2, -0.15) is 0 Å². The van der Waals surface area contributed by atoms with Gasteiger partial charge >= 0.3 is 5.97 Å². The molecule has 4 aromatic rings. The van der Waals surface area contributed by atoms with Gasteiger partial charge in [0.1, 0.15) is 11.5 Å². The number of fused-ring (bicyclic) bond motifs is 1. The third-order valence-corrected chi connectivity index (χ3v) is 4.56.